The number of aromatic nitrogens is 2. The van der Waals surface area contributed by atoms with E-state index >= 15 is 0 Å². The topological polar surface area (TPSA) is 71.8 Å². The molecule has 148 valence electrons. The summed E-state index contributed by atoms with van der Waals surface area (Å²) in [7, 11) is 0. The molecule has 28 heavy (non-hydrogen) atoms. The van der Waals surface area contributed by atoms with Gasteiger partial charge < -0.3 is 10.7 Å². The second kappa shape index (κ2) is 6.20. The molecule has 4 fully saturated rings. The maximum absolute atomic E-state index is 12.5. The van der Waals surface area contributed by atoms with Crippen molar-refractivity contribution < 1.29 is 4.79 Å². The smallest absolute Gasteiger partial charge is 0.223 e. The molecule has 1 heterocycles. The number of hydrogen-bond acceptors (Lipinski definition) is 2. The van der Waals surface area contributed by atoms with Crippen LogP contribution in [-0.4, -0.2) is 15.9 Å². The summed E-state index contributed by atoms with van der Waals surface area (Å²) < 4.78 is 0. The number of amides is 1. The molecule has 1 aromatic carbocycles. The predicted octanol–water partition coefficient (Wildman–Crippen LogP) is 4.62. The largest absolute Gasteiger partial charge is 0.369 e. The summed E-state index contributed by atoms with van der Waals surface area (Å²) in [5, 5.41) is 0. The van der Waals surface area contributed by atoms with Crippen LogP contribution in [0.4, 0.5) is 0 Å². The minimum atomic E-state index is -0.246. The Labute approximate surface area is 167 Å². The highest BCUT2D eigenvalue weighted by molar-refractivity contribution is 5.81. The van der Waals surface area contributed by atoms with E-state index in [0.29, 0.717) is 17.8 Å². The minimum Gasteiger partial charge on any atom is -0.369 e. The molecule has 4 heteroatoms. The van der Waals surface area contributed by atoms with Gasteiger partial charge in [0.1, 0.15) is 0 Å². The van der Waals surface area contributed by atoms with Crippen molar-refractivity contribution in [3.05, 3.63) is 53.1 Å². The highest BCUT2D eigenvalue weighted by Gasteiger charge is 2.60. The number of nitrogens with zero attached hydrogens (tertiary/aromatic N) is 1. The summed E-state index contributed by atoms with van der Waals surface area (Å²) in [5.41, 5.74) is 11.3. The van der Waals surface area contributed by atoms with E-state index in [4.69, 9.17) is 5.73 Å². The molecule has 4 saturated carbocycles. The molecule has 0 aliphatic heterocycles. The van der Waals surface area contributed by atoms with Gasteiger partial charge in [-0.1, -0.05) is 18.2 Å². The predicted molar refractivity (Wildman–Crippen MR) is 110 cm³/mol. The molecular formula is C24H31N3O. The number of nitrogens with one attached hydrogen (secondary N) is 1. The fourth-order valence-corrected chi connectivity index (χ4v) is 7.41. The average molecular weight is 378 g/mol. The molecular weight excluding hydrogens is 346 g/mol. The molecule has 0 saturated heterocycles. The Morgan fingerprint density at radius 2 is 2.00 bits per heavy atom. The van der Waals surface area contributed by atoms with Crippen molar-refractivity contribution in [1.82, 2.24) is 9.97 Å². The van der Waals surface area contributed by atoms with Gasteiger partial charge >= 0.3 is 0 Å². The van der Waals surface area contributed by atoms with E-state index in [-0.39, 0.29) is 16.7 Å². The van der Waals surface area contributed by atoms with Crippen LogP contribution in [-0.2, 0) is 4.79 Å². The lowest BCUT2D eigenvalue weighted by atomic mass is 9.42. The Balaban J connectivity index is 1.55. The van der Waals surface area contributed by atoms with Crippen LogP contribution in [0.3, 0.4) is 0 Å². The highest BCUT2D eigenvalue weighted by atomic mass is 16.1. The number of primary amides is 1. The van der Waals surface area contributed by atoms with E-state index in [1.165, 1.54) is 41.6 Å². The Kier molecular flexibility index (Phi) is 3.98. The minimum absolute atomic E-state index is 0.0456. The molecule has 3 N–H and O–H groups in total. The first-order valence-electron chi connectivity index (χ1n) is 10.7. The van der Waals surface area contributed by atoms with E-state index in [2.05, 4.69) is 42.0 Å². The lowest BCUT2D eigenvalue weighted by Gasteiger charge is -2.61. The highest BCUT2D eigenvalue weighted by Crippen LogP contribution is 2.67. The van der Waals surface area contributed by atoms with Crippen molar-refractivity contribution >= 4 is 5.91 Å². The van der Waals surface area contributed by atoms with E-state index in [9.17, 15) is 4.79 Å². The van der Waals surface area contributed by atoms with Gasteiger partial charge in [-0.05, 0) is 92.7 Å². The van der Waals surface area contributed by atoms with Crippen molar-refractivity contribution in [1.29, 1.82) is 0 Å². The average Bonchev–Trinajstić information content (AvgIpc) is 3.15. The first-order valence-corrected chi connectivity index (χ1v) is 10.7. The van der Waals surface area contributed by atoms with Gasteiger partial charge in [-0.2, -0.15) is 0 Å². The number of hydrogen-bond donors (Lipinski definition) is 2. The fraction of sp³-hybridized carbons (Fsp3) is 0.583. The Morgan fingerprint density at radius 3 is 2.64 bits per heavy atom. The number of aromatic amines is 1. The third-order valence-corrected chi connectivity index (χ3v) is 8.26. The van der Waals surface area contributed by atoms with Crippen molar-refractivity contribution in [3.63, 3.8) is 0 Å². The molecule has 4 aliphatic rings. The number of imidazole rings is 1. The van der Waals surface area contributed by atoms with Crippen LogP contribution >= 0.6 is 0 Å². The van der Waals surface area contributed by atoms with Gasteiger partial charge in [0.2, 0.25) is 5.91 Å². The van der Waals surface area contributed by atoms with Crippen molar-refractivity contribution in [2.75, 3.05) is 0 Å². The normalized spacial score (nSPS) is 34.5. The van der Waals surface area contributed by atoms with Crippen LogP contribution in [0.15, 0.2) is 30.7 Å². The third kappa shape index (κ3) is 2.72. The van der Waals surface area contributed by atoms with Gasteiger partial charge in [-0.3, -0.25) is 4.79 Å². The summed E-state index contributed by atoms with van der Waals surface area (Å²) in [4.78, 5) is 20.2. The summed E-state index contributed by atoms with van der Waals surface area (Å²) in [6.45, 7) is 4.42. The zero-order valence-corrected chi connectivity index (χ0v) is 17.0. The van der Waals surface area contributed by atoms with Crippen LogP contribution in [0.5, 0.6) is 0 Å². The summed E-state index contributed by atoms with van der Waals surface area (Å²) in [6.07, 6.45) is 11.7. The second-order valence-corrected chi connectivity index (χ2v) is 10.2. The Hall–Kier alpha value is -2.10. The maximum atomic E-state index is 12.5. The van der Waals surface area contributed by atoms with E-state index < -0.39 is 0 Å². The zero-order chi connectivity index (χ0) is 19.5. The SMILES string of the molecule is Cc1cccc(C(CC23CC4CC(C2)CC(C(N)=O)(C4)C3)c2cnc[nH]2)c1C. The number of rotatable bonds is 5. The second-order valence-electron chi connectivity index (χ2n) is 10.2. The lowest BCUT2D eigenvalue weighted by molar-refractivity contribution is -0.155. The number of nitrogens with two attached hydrogens (primary N) is 1. The van der Waals surface area contributed by atoms with Gasteiger partial charge in [0.25, 0.3) is 0 Å². The molecule has 0 radical (unpaired) electrons. The summed E-state index contributed by atoms with van der Waals surface area (Å²) >= 11 is 0. The molecule has 1 amide bonds. The van der Waals surface area contributed by atoms with E-state index in [0.717, 1.165) is 25.7 Å². The number of carbonyl (C=O) groups excluding carboxylic acids is 1. The summed E-state index contributed by atoms with van der Waals surface area (Å²) in [6, 6.07) is 6.64. The summed E-state index contributed by atoms with van der Waals surface area (Å²) in [5.74, 6) is 1.60. The number of aryl methyl sites for hydroxylation is 1. The van der Waals surface area contributed by atoms with Crippen LogP contribution < -0.4 is 5.73 Å². The molecule has 3 atom stereocenters. The number of H-pyrrole nitrogens is 1. The maximum Gasteiger partial charge on any atom is 0.223 e. The first kappa shape index (κ1) is 18.0. The molecule has 3 unspecified atom stereocenters. The number of benzene rings is 1. The van der Waals surface area contributed by atoms with E-state index in [1.54, 1.807) is 6.33 Å². The van der Waals surface area contributed by atoms with Gasteiger partial charge in [0, 0.05) is 17.8 Å². The van der Waals surface area contributed by atoms with Gasteiger partial charge in [0.15, 0.2) is 0 Å². The van der Waals surface area contributed by atoms with Crippen LogP contribution in [0.2, 0.25) is 0 Å². The molecule has 1 aromatic heterocycles. The first-order chi connectivity index (χ1) is 13.4. The van der Waals surface area contributed by atoms with Crippen LogP contribution in [0.25, 0.3) is 0 Å². The van der Waals surface area contributed by atoms with Gasteiger partial charge in [-0.25, -0.2) is 4.98 Å². The van der Waals surface area contributed by atoms with Gasteiger partial charge in [-0.15, -0.1) is 0 Å². The molecule has 4 aliphatic carbocycles. The molecule has 4 bridgehead atoms. The van der Waals surface area contributed by atoms with Crippen molar-refractivity contribution in [2.45, 2.75) is 64.7 Å². The molecule has 4 nitrogen and oxygen atoms in total. The monoisotopic (exact) mass is 377 g/mol. The molecule has 0 spiro atoms. The standard InChI is InChI=1S/C24H31N3O/c1-15-4-3-5-19(16(15)2)20(21-12-26-14-27-21)11-23-7-17-6-18(8-23)10-24(9-17,13-23)22(25)28/h3-5,12,14,17-18,20H,6-11,13H2,1-2H3,(H2,25,28)(H,26,27). The molecule has 6 rings (SSSR count). The van der Waals surface area contributed by atoms with Gasteiger partial charge in [0.05, 0.1) is 11.7 Å². The van der Waals surface area contributed by atoms with Crippen LogP contribution in [0.1, 0.15) is 73.2 Å². The Morgan fingerprint density at radius 1 is 1.25 bits per heavy atom. The van der Waals surface area contributed by atoms with Crippen LogP contribution in [0, 0.1) is 36.5 Å². The molecule has 2 aromatic rings. The lowest BCUT2D eigenvalue weighted by Crippen LogP contribution is -2.57. The third-order valence-electron chi connectivity index (χ3n) is 8.26. The fourth-order valence-electron chi connectivity index (χ4n) is 7.41. The zero-order valence-electron chi connectivity index (χ0n) is 17.0. The van der Waals surface area contributed by atoms with Crippen molar-refractivity contribution in [2.24, 2.45) is 28.4 Å². The number of carbonyl (C=O) groups is 1. The quantitative estimate of drug-likeness (QED) is 0.798. The van der Waals surface area contributed by atoms with Crippen molar-refractivity contribution in [3.8, 4) is 0 Å². The van der Waals surface area contributed by atoms with E-state index in [1.807, 2.05) is 6.20 Å². The Bertz CT molecular complexity index is 887.